The third kappa shape index (κ3) is 5.42. The molecule has 1 atom stereocenters. The van der Waals surface area contributed by atoms with Gasteiger partial charge in [0.15, 0.2) is 0 Å². The van der Waals surface area contributed by atoms with Crippen molar-refractivity contribution in [2.45, 2.75) is 25.9 Å². The Hall–Kier alpha value is -1.14. The van der Waals surface area contributed by atoms with E-state index in [2.05, 4.69) is 28.9 Å². The van der Waals surface area contributed by atoms with Gasteiger partial charge in [0.1, 0.15) is 0 Å². The van der Waals surface area contributed by atoms with E-state index in [1.165, 1.54) is 5.56 Å². The number of hydrogen-bond acceptors (Lipinski definition) is 4. The Balaban J connectivity index is 1.41. The summed E-state index contributed by atoms with van der Waals surface area (Å²) in [6.07, 6.45) is 0.608. The maximum absolute atomic E-state index is 12.6. The van der Waals surface area contributed by atoms with Crippen LogP contribution in [0.3, 0.4) is 0 Å². The maximum Gasteiger partial charge on any atom is 0.224 e. The number of benzene rings is 1. The largest absolute Gasteiger partial charge is 0.379 e. The average molecular weight is 366 g/mol. The second kappa shape index (κ2) is 8.99. The van der Waals surface area contributed by atoms with E-state index in [1.807, 2.05) is 17.0 Å². The molecule has 25 heavy (non-hydrogen) atoms. The van der Waals surface area contributed by atoms with Gasteiger partial charge < -0.3 is 9.64 Å². The van der Waals surface area contributed by atoms with Gasteiger partial charge in [0.2, 0.25) is 5.91 Å². The Morgan fingerprint density at radius 2 is 1.72 bits per heavy atom. The molecule has 2 fully saturated rings. The van der Waals surface area contributed by atoms with Crippen LogP contribution in [0.4, 0.5) is 0 Å². The van der Waals surface area contributed by atoms with Crippen molar-refractivity contribution >= 4 is 17.5 Å². The SMILES string of the molecule is C[C@@H](CC(=O)N1CCN(Cc2ccc(Cl)cc2)CC1)N1CCOCC1. The summed E-state index contributed by atoms with van der Waals surface area (Å²) in [5, 5.41) is 0.772. The van der Waals surface area contributed by atoms with Crippen molar-refractivity contribution in [1.29, 1.82) is 0 Å². The average Bonchev–Trinajstić information content (AvgIpc) is 2.65. The number of hydrogen-bond donors (Lipinski definition) is 0. The number of carbonyl (C=O) groups excluding carboxylic acids is 1. The summed E-state index contributed by atoms with van der Waals surface area (Å²) in [6.45, 7) is 10.0. The minimum Gasteiger partial charge on any atom is -0.379 e. The van der Waals surface area contributed by atoms with Gasteiger partial charge in [-0.05, 0) is 24.6 Å². The molecule has 6 heteroatoms. The molecular formula is C19H28ClN3O2. The van der Waals surface area contributed by atoms with E-state index < -0.39 is 0 Å². The fraction of sp³-hybridized carbons (Fsp3) is 0.632. The molecule has 3 rings (SSSR count). The third-order valence-electron chi connectivity index (χ3n) is 5.18. The van der Waals surface area contributed by atoms with E-state index >= 15 is 0 Å². The second-order valence-corrected chi connectivity index (χ2v) is 7.42. The Bertz CT molecular complexity index is 552. The quantitative estimate of drug-likeness (QED) is 0.800. The number of carbonyl (C=O) groups is 1. The van der Waals surface area contributed by atoms with Gasteiger partial charge in [-0.3, -0.25) is 14.6 Å². The second-order valence-electron chi connectivity index (χ2n) is 6.98. The Morgan fingerprint density at radius 3 is 2.36 bits per heavy atom. The van der Waals surface area contributed by atoms with Crippen LogP contribution in [0.25, 0.3) is 0 Å². The summed E-state index contributed by atoms with van der Waals surface area (Å²) in [5.41, 5.74) is 1.27. The van der Waals surface area contributed by atoms with Crippen LogP contribution in [0.5, 0.6) is 0 Å². The van der Waals surface area contributed by atoms with Crippen molar-refractivity contribution in [2.75, 3.05) is 52.5 Å². The molecule has 2 saturated heterocycles. The molecule has 2 aliphatic rings. The van der Waals surface area contributed by atoms with Crippen LogP contribution in [0, 0.1) is 0 Å². The molecule has 5 nitrogen and oxygen atoms in total. The number of amides is 1. The van der Waals surface area contributed by atoms with E-state index in [0.717, 1.165) is 64.0 Å². The molecule has 0 spiro atoms. The molecule has 1 aromatic carbocycles. The molecule has 1 aromatic rings. The lowest BCUT2D eigenvalue weighted by molar-refractivity contribution is -0.134. The van der Waals surface area contributed by atoms with Crippen LogP contribution in [-0.2, 0) is 16.1 Å². The zero-order chi connectivity index (χ0) is 17.6. The van der Waals surface area contributed by atoms with Crippen molar-refractivity contribution in [3.63, 3.8) is 0 Å². The van der Waals surface area contributed by atoms with Gasteiger partial charge in [-0.15, -0.1) is 0 Å². The van der Waals surface area contributed by atoms with E-state index in [1.54, 1.807) is 0 Å². The van der Waals surface area contributed by atoms with Crippen LogP contribution >= 0.6 is 11.6 Å². The smallest absolute Gasteiger partial charge is 0.224 e. The summed E-state index contributed by atoms with van der Waals surface area (Å²) >= 11 is 5.94. The Labute approximate surface area is 155 Å². The van der Waals surface area contributed by atoms with Gasteiger partial charge in [0.05, 0.1) is 13.2 Å². The van der Waals surface area contributed by atoms with Gasteiger partial charge >= 0.3 is 0 Å². The molecular weight excluding hydrogens is 338 g/mol. The summed E-state index contributed by atoms with van der Waals surface area (Å²) in [7, 11) is 0. The molecule has 0 aromatic heterocycles. The molecule has 2 aliphatic heterocycles. The molecule has 0 N–H and O–H groups in total. The third-order valence-corrected chi connectivity index (χ3v) is 5.44. The first kappa shape index (κ1) is 18.6. The lowest BCUT2D eigenvalue weighted by Crippen LogP contribution is -2.50. The molecule has 0 unspecified atom stereocenters. The highest BCUT2D eigenvalue weighted by Crippen LogP contribution is 2.14. The minimum absolute atomic E-state index is 0.283. The number of ether oxygens (including phenoxy) is 1. The minimum atomic E-state index is 0.283. The normalized spacial score (nSPS) is 21.3. The maximum atomic E-state index is 12.6. The van der Waals surface area contributed by atoms with E-state index in [-0.39, 0.29) is 5.91 Å². The zero-order valence-corrected chi connectivity index (χ0v) is 15.7. The zero-order valence-electron chi connectivity index (χ0n) is 15.0. The lowest BCUT2D eigenvalue weighted by Gasteiger charge is -2.37. The summed E-state index contributed by atoms with van der Waals surface area (Å²) in [4.78, 5) is 19.4. The predicted octanol–water partition coefficient (Wildman–Crippen LogP) is 2.09. The van der Waals surface area contributed by atoms with Crippen LogP contribution < -0.4 is 0 Å². The number of nitrogens with zero attached hydrogens (tertiary/aromatic N) is 3. The van der Waals surface area contributed by atoms with Crippen LogP contribution in [0.1, 0.15) is 18.9 Å². The van der Waals surface area contributed by atoms with Crippen LogP contribution in [-0.4, -0.2) is 79.1 Å². The van der Waals surface area contributed by atoms with Gasteiger partial charge in [-0.25, -0.2) is 0 Å². The van der Waals surface area contributed by atoms with Crippen LogP contribution in [0.2, 0.25) is 5.02 Å². The predicted molar refractivity (Wildman–Crippen MR) is 99.8 cm³/mol. The van der Waals surface area contributed by atoms with Crippen molar-refractivity contribution < 1.29 is 9.53 Å². The highest BCUT2D eigenvalue weighted by Gasteiger charge is 2.25. The molecule has 1 amide bonds. The number of halogens is 1. The molecule has 0 aliphatic carbocycles. The first-order chi connectivity index (χ1) is 12.1. The summed E-state index contributed by atoms with van der Waals surface area (Å²) in [5.74, 6) is 0.283. The van der Waals surface area contributed by atoms with Gasteiger partial charge in [0.25, 0.3) is 0 Å². The summed E-state index contributed by atoms with van der Waals surface area (Å²) < 4.78 is 5.39. The fourth-order valence-electron chi connectivity index (χ4n) is 3.53. The van der Waals surface area contributed by atoms with Gasteiger partial charge in [-0.2, -0.15) is 0 Å². The van der Waals surface area contributed by atoms with E-state index in [9.17, 15) is 4.79 Å². The standard InChI is InChI=1S/C19H28ClN3O2/c1-16(22-10-12-25-13-11-22)14-19(24)23-8-6-21(7-9-23)15-17-2-4-18(20)5-3-17/h2-5,16H,6-15H2,1H3/t16-/m0/s1. The van der Waals surface area contributed by atoms with Crippen molar-refractivity contribution in [3.05, 3.63) is 34.9 Å². The molecule has 0 bridgehead atoms. The number of morpholine rings is 1. The van der Waals surface area contributed by atoms with Crippen molar-refractivity contribution in [3.8, 4) is 0 Å². The van der Waals surface area contributed by atoms with Crippen molar-refractivity contribution in [2.24, 2.45) is 0 Å². The first-order valence-corrected chi connectivity index (χ1v) is 9.56. The lowest BCUT2D eigenvalue weighted by atomic mass is 10.1. The van der Waals surface area contributed by atoms with Gasteiger partial charge in [0, 0.05) is 63.3 Å². The van der Waals surface area contributed by atoms with Crippen LogP contribution in [0.15, 0.2) is 24.3 Å². The molecule has 2 heterocycles. The molecule has 0 radical (unpaired) electrons. The number of piperazine rings is 1. The molecule has 138 valence electrons. The Morgan fingerprint density at radius 1 is 1.08 bits per heavy atom. The number of rotatable bonds is 5. The monoisotopic (exact) mass is 365 g/mol. The van der Waals surface area contributed by atoms with Gasteiger partial charge in [-0.1, -0.05) is 23.7 Å². The first-order valence-electron chi connectivity index (χ1n) is 9.18. The van der Waals surface area contributed by atoms with Crippen molar-refractivity contribution in [1.82, 2.24) is 14.7 Å². The highest BCUT2D eigenvalue weighted by molar-refractivity contribution is 6.30. The van der Waals surface area contributed by atoms with E-state index in [0.29, 0.717) is 12.5 Å². The Kier molecular flexibility index (Phi) is 6.70. The highest BCUT2D eigenvalue weighted by atomic mass is 35.5. The fourth-order valence-corrected chi connectivity index (χ4v) is 3.66. The van der Waals surface area contributed by atoms with E-state index in [4.69, 9.17) is 16.3 Å². The summed E-state index contributed by atoms with van der Waals surface area (Å²) in [6, 6.07) is 8.31. The topological polar surface area (TPSA) is 36.0 Å². The molecule has 0 saturated carbocycles.